The molecule has 5 rings (SSSR count). The summed E-state index contributed by atoms with van der Waals surface area (Å²) in [5.41, 5.74) is 2.60. The number of imidazole rings is 1. The molecule has 0 amide bonds. The van der Waals surface area contributed by atoms with E-state index in [-0.39, 0.29) is 17.1 Å². The predicted molar refractivity (Wildman–Crippen MR) is 114 cm³/mol. The standard InChI is InChI=1S/C23H16F3N3S/c24-15-9-11-16(12-10-15)27-22-21(20-17(25)7-4-8-18(20)26)28-23-29(22)19(13-30-23)14-5-2-1-3-6-14/h1-2,4-5,7-13,27H,3,6H2. The van der Waals surface area contributed by atoms with E-state index in [0.29, 0.717) is 16.5 Å². The van der Waals surface area contributed by atoms with Crippen molar-refractivity contribution in [1.29, 1.82) is 0 Å². The van der Waals surface area contributed by atoms with Gasteiger partial charge >= 0.3 is 0 Å². The van der Waals surface area contributed by atoms with Crippen LogP contribution in [0.2, 0.25) is 0 Å². The number of nitrogens with one attached hydrogen (secondary N) is 1. The highest BCUT2D eigenvalue weighted by atomic mass is 32.1. The zero-order chi connectivity index (χ0) is 20.7. The van der Waals surface area contributed by atoms with Crippen LogP contribution in [0.1, 0.15) is 18.5 Å². The minimum atomic E-state index is -0.690. The number of fused-ring (bicyclic) bond motifs is 1. The summed E-state index contributed by atoms with van der Waals surface area (Å²) in [7, 11) is 0. The molecule has 1 aliphatic rings. The van der Waals surface area contributed by atoms with E-state index in [1.54, 1.807) is 12.1 Å². The van der Waals surface area contributed by atoms with E-state index in [4.69, 9.17) is 0 Å². The molecule has 1 aliphatic carbocycles. The zero-order valence-electron chi connectivity index (χ0n) is 15.7. The number of benzene rings is 2. The molecule has 0 aliphatic heterocycles. The molecular weight excluding hydrogens is 407 g/mol. The number of anilines is 2. The van der Waals surface area contributed by atoms with E-state index in [2.05, 4.69) is 16.4 Å². The van der Waals surface area contributed by atoms with Crippen molar-refractivity contribution >= 4 is 33.4 Å². The molecule has 0 unspecified atom stereocenters. The Bertz CT molecular complexity index is 1280. The van der Waals surface area contributed by atoms with Crippen LogP contribution in [0.3, 0.4) is 0 Å². The summed E-state index contributed by atoms with van der Waals surface area (Å²) in [4.78, 5) is 5.17. The van der Waals surface area contributed by atoms with Gasteiger partial charge in [0.2, 0.25) is 0 Å². The summed E-state index contributed by atoms with van der Waals surface area (Å²) < 4.78 is 44.5. The number of hydrogen-bond donors (Lipinski definition) is 1. The molecule has 30 heavy (non-hydrogen) atoms. The fraction of sp³-hybridized carbons (Fsp3) is 0.0870. The summed E-state index contributed by atoms with van der Waals surface area (Å²) in [5, 5.41) is 5.19. The Morgan fingerprint density at radius 3 is 2.47 bits per heavy atom. The molecule has 2 heterocycles. The molecule has 0 atom stereocenters. The normalized spacial score (nSPS) is 13.6. The van der Waals surface area contributed by atoms with E-state index < -0.39 is 11.6 Å². The zero-order valence-corrected chi connectivity index (χ0v) is 16.5. The SMILES string of the molecule is Fc1ccc(Nc2c(-c3c(F)cccc3F)nc3scc(C4=CC=CCC4)n23)cc1. The molecule has 0 saturated heterocycles. The molecule has 0 fully saturated rings. The fourth-order valence-corrected chi connectivity index (χ4v) is 4.50. The van der Waals surface area contributed by atoms with Gasteiger partial charge in [0.05, 0.1) is 11.3 Å². The van der Waals surface area contributed by atoms with Crippen LogP contribution >= 0.6 is 11.3 Å². The molecular formula is C23H16F3N3S. The summed E-state index contributed by atoms with van der Waals surface area (Å²) in [6.45, 7) is 0. The Balaban J connectivity index is 1.75. The van der Waals surface area contributed by atoms with Crippen molar-refractivity contribution in [1.82, 2.24) is 9.38 Å². The maximum atomic E-state index is 14.6. The fourth-order valence-electron chi connectivity index (χ4n) is 3.58. The molecule has 4 aromatic rings. The minimum Gasteiger partial charge on any atom is -0.339 e. The second-order valence-corrected chi connectivity index (χ2v) is 7.77. The van der Waals surface area contributed by atoms with Crippen LogP contribution in [0, 0.1) is 17.5 Å². The Kier molecular flexibility index (Phi) is 4.67. The highest BCUT2D eigenvalue weighted by molar-refractivity contribution is 7.15. The van der Waals surface area contributed by atoms with Crippen LogP contribution in [0.5, 0.6) is 0 Å². The molecule has 0 spiro atoms. The van der Waals surface area contributed by atoms with Crippen molar-refractivity contribution in [3.05, 3.63) is 89.2 Å². The van der Waals surface area contributed by atoms with Crippen LogP contribution in [0.4, 0.5) is 24.7 Å². The van der Waals surface area contributed by atoms with Gasteiger partial charge in [0, 0.05) is 11.1 Å². The minimum absolute atomic E-state index is 0.176. The van der Waals surface area contributed by atoms with E-state index in [9.17, 15) is 13.2 Å². The van der Waals surface area contributed by atoms with Crippen LogP contribution in [-0.4, -0.2) is 9.38 Å². The van der Waals surface area contributed by atoms with Gasteiger partial charge in [-0.25, -0.2) is 18.2 Å². The summed E-state index contributed by atoms with van der Waals surface area (Å²) >= 11 is 1.40. The number of halogens is 3. The quantitative estimate of drug-likeness (QED) is 0.385. The largest absolute Gasteiger partial charge is 0.339 e. The number of hydrogen-bond acceptors (Lipinski definition) is 3. The van der Waals surface area contributed by atoms with Crippen LogP contribution in [-0.2, 0) is 0 Å². The molecule has 1 N–H and O–H groups in total. The average Bonchev–Trinajstić information content (AvgIpc) is 3.31. The molecule has 0 bridgehead atoms. The Morgan fingerprint density at radius 2 is 1.77 bits per heavy atom. The van der Waals surface area contributed by atoms with Gasteiger partial charge in [0.1, 0.15) is 29.0 Å². The van der Waals surface area contributed by atoms with Gasteiger partial charge in [0.15, 0.2) is 4.96 Å². The van der Waals surface area contributed by atoms with Crippen molar-refractivity contribution in [2.24, 2.45) is 0 Å². The first-order valence-electron chi connectivity index (χ1n) is 9.45. The third kappa shape index (κ3) is 3.21. The van der Waals surface area contributed by atoms with E-state index in [0.717, 1.165) is 24.1 Å². The Morgan fingerprint density at radius 1 is 1.00 bits per heavy atom. The van der Waals surface area contributed by atoms with Gasteiger partial charge < -0.3 is 5.32 Å². The molecule has 0 radical (unpaired) electrons. The monoisotopic (exact) mass is 423 g/mol. The van der Waals surface area contributed by atoms with Gasteiger partial charge in [-0.3, -0.25) is 4.40 Å². The lowest BCUT2D eigenvalue weighted by Gasteiger charge is -2.13. The van der Waals surface area contributed by atoms with E-state index in [1.165, 1.54) is 41.7 Å². The third-order valence-electron chi connectivity index (χ3n) is 5.01. The number of nitrogens with zero attached hydrogens (tertiary/aromatic N) is 2. The van der Waals surface area contributed by atoms with Gasteiger partial charge in [-0.15, -0.1) is 11.3 Å². The summed E-state index contributed by atoms with van der Waals surface area (Å²) in [6, 6.07) is 9.55. The van der Waals surface area contributed by atoms with Crippen molar-refractivity contribution < 1.29 is 13.2 Å². The van der Waals surface area contributed by atoms with Crippen molar-refractivity contribution in [2.45, 2.75) is 12.8 Å². The first-order valence-corrected chi connectivity index (χ1v) is 10.3. The van der Waals surface area contributed by atoms with Crippen molar-refractivity contribution in [2.75, 3.05) is 5.32 Å². The first-order chi connectivity index (χ1) is 14.6. The number of aromatic nitrogens is 2. The second kappa shape index (κ2) is 7.50. The predicted octanol–water partition coefficient (Wildman–Crippen LogP) is 6.96. The van der Waals surface area contributed by atoms with Crippen LogP contribution < -0.4 is 5.32 Å². The topological polar surface area (TPSA) is 29.3 Å². The van der Waals surface area contributed by atoms with Crippen molar-refractivity contribution in [3.8, 4) is 11.3 Å². The van der Waals surface area contributed by atoms with E-state index >= 15 is 0 Å². The lowest BCUT2D eigenvalue weighted by molar-refractivity contribution is 0.589. The summed E-state index contributed by atoms with van der Waals surface area (Å²) in [6.07, 6.45) is 7.92. The van der Waals surface area contributed by atoms with Gasteiger partial charge in [-0.1, -0.05) is 24.3 Å². The maximum Gasteiger partial charge on any atom is 0.196 e. The van der Waals surface area contributed by atoms with Crippen molar-refractivity contribution in [3.63, 3.8) is 0 Å². The molecule has 0 saturated carbocycles. The molecule has 3 nitrogen and oxygen atoms in total. The van der Waals surface area contributed by atoms with Gasteiger partial charge in [-0.2, -0.15) is 0 Å². The first kappa shape index (κ1) is 18.7. The molecule has 2 aromatic heterocycles. The highest BCUT2D eigenvalue weighted by Crippen LogP contribution is 2.39. The summed E-state index contributed by atoms with van der Waals surface area (Å²) in [5.74, 6) is -1.31. The van der Waals surface area contributed by atoms with E-state index in [1.807, 2.05) is 21.9 Å². The molecule has 7 heteroatoms. The Labute approximate surface area is 174 Å². The number of rotatable bonds is 4. The number of thiazole rings is 1. The lowest BCUT2D eigenvalue weighted by Crippen LogP contribution is -2.01. The average molecular weight is 423 g/mol. The molecule has 2 aromatic carbocycles. The molecule has 150 valence electrons. The Hall–Kier alpha value is -3.32. The second-order valence-electron chi connectivity index (χ2n) is 6.94. The smallest absolute Gasteiger partial charge is 0.196 e. The van der Waals surface area contributed by atoms with Crippen LogP contribution in [0.15, 0.2) is 66.1 Å². The lowest BCUT2D eigenvalue weighted by atomic mass is 10.0. The number of allylic oxidation sites excluding steroid dienone is 4. The third-order valence-corrected chi connectivity index (χ3v) is 5.84. The van der Waals surface area contributed by atoms with Gasteiger partial charge in [0.25, 0.3) is 0 Å². The highest BCUT2D eigenvalue weighted by Gasteiger charge is 2.24. The maximum absolute atomic E-state index is 14.6. The van der Waals surface area contributed by atoms with Gasteiger partial charge in [-0.05, 0) is 54.8 Å². The van der Waals surface area contributed by atoms with Crippen LogP contribution in [0.25, 0.3) is 21.8 Å².